The molecule has 1 atom stereocenters. The normalized spacial score (nSPS) is 12.5. The first-order chi connectivity index (χ1) is 9.24. The van der Waals surface area contributed by atoms with Gasteiger partial charge in [0, 0.05) is 16.1 Å². The van der Waals surface area contributed by atoms with E-state index in [9.17, 15) is 0 Å². The van der Waals surface area contributed by atoms with Crippen molar-refractivity contribution in [2.75, 3.05) is 0 Å². The first-order valence-corrected chi connectivity index (χ1v) is 6.89. The Labute approximate surface area is 120 Å². The third-order valence-corrected chi connectivity index (χ3v) is 3.69. The van der Waals surface area contributed by atoms with Crippen molar-refractivity contribution >= 4 is 26.8 Å². The molecule has 3 aromatic rings. The number of hydrogen-bond donors (Lipinski definition) is 1. The summed E-state index contributed by atoms with van der Waals surface area (Å²) >= 11 is 3.47. The van der Waals surface area contributed by atoms with Gasteiger partial charge in [-0.25, -0.2) is 0 Å². The summed E-state index contributed by atoms with van der Waals surface area (Å²) in [5.41, 5.74) is 9.47. The van der Waals surface area contributed by atoms with Crippen LogP contribution in [0, 0.1) is 0 Å². The number of aromatic nitrogens is 1. The number of fused-ring (bicyclic) bond motifs is 1. The Hall–Kier alpha value is -1.71. The molecule has 94 valence electrons. The Morgan fingerprint density at radius 1 is 0.947 bits per heavy atom. The van der Waals surface area contributed by atoms with Crippen LogP contribution < -0.4 is 5.73 Å². The Balaban J connectivity index is 2.04. The van der Waals surface area contributed by atoms with Gasteiger partial charge in [-0.3, -0.25) is 4.98 Å². The van der Waals surface area contributed by atoms with E-state index in [0.717, 1.165) is 26.5 Å². The molecule has 0 saturated heterocycles. The number of rotatable bonds is 2. The van der Waals surface area contributed by atoms with Crippen molar-refractivity contribution < 1.29 is 0 Å². The Morgan fingerprint density at radius 3 is 2.63 bits per heavy atom. The topological polar surface area (TPSA) is 38.9 Å². The predicted molar refractivity (Wildman–Crippen MR) is 81.9 cm³/mol. The van der Waals surface area contributed by atoms with Gasteiger partial charge < -0.3 is 5.73 Å². The van der Waals surface area contributed by atoms with Crippen molar-refractivity contribution in [1.29, 1.82) is 0 Å². The summed E-state index contributed by atoms with van der Waals surface area (Å²) < 4.78 is 1.04. The molecule has 0 aliphatic heterocycles. The average molecular weight is 313 g/mol. The minimum absolute atomic E-state index is 0.135. The molecule has 1 aromatic heterocycles. The summed E-state index contributed by atoms with van der Waals surface area (Å²) in [7, 11) is 0. The molecule has 2 N–H and O–H groups in total. The number of hydrogen-bond acceptors (Lipinski definition) is 2. The second-order valence-corrected chi connectivity index (χ2v) is 5.40. The van der Waals surface area contributed by atoms with Crippen LogP contribution in [-0.2, 0) is 0 Å². The van der Waals surface area contributed by atoms with E-state index in [1.54, 1.807) is 6.20 Å². The predicted octanol–water partition coefficient (Wildman–Crippen LogP) is 4.05. The van der Waals surface area contributed by atoms with Crippen molar-refractivity contribution in [3.8, 4) is 0 Å². The minimum Gasteiger partial charge on any atom is -0.320 e. The van der Waals surface area contributed by atoms with Crippen LogP contribution in [0.2, 0.25) is 0 Å². The minimum atomic E-state index is -0.135. The van der Waals surface area contributed by atoms with Crippen LogP contribution in [-0.4, -0.2) is 4.98 Å². The van der Waals surface area contributed by atoms with Crippen LogP contribution in [0.1, 0.15) is 17.2 Å². The van der Waals surface area contributed by atoms with Crippen molar-refractivity contribution in [3.05, 3.63) is 76.4 Å². The number of halogens is 1. The van der Waals surface area contributed by atoms with Gasteiger partial charge in [-0.1, -0.05) is 46.3 Å². The zero-order chi connectivity index (χ0) is 13.2. The highest BCUT2D eigenvalue weighted by molar-refractivity contribution is 9.10. The van der Waals surface area contributed by atoms with Crippen LogP contribution in [0.3, 0.4) is 0 Å². The third kappa shape index (κ3) is 2.53. The lowest BCUT2D eigenvalue weighted by Gasteiger charge is -2.13. The van der Waals surface area contributed by atoms with Gasteiger partial charge in [0.05, 0.1) is 11.6 Å². The highest BCUT2D eigenvalue weighted by Gasteiger charge is 2.09. The SMILES string of the molecule is NC(c1cccc(Br)c1)c1ccc2cccnc2c1. The molecule has 0 saturated carbocycles. The van der Waals surface area contributed by atoms with E-state index in [0.29, 0.717) is 0 Å². The zero-order valence-corrected chi connectivity index (χ0v) is 11.8. The number of benzene rings is 2. The fraction of sp³-hybridized carbons (Fsp3) is 0.0625. The Bertz CT molecular complexity index is 725. The quantitative estimate of drug-likeness (QED) is 0.775. The van der Waals surface area contributed by atoms with Crippen molar-refractivity contribution in [3.63, 3.8) is 0 Å². The van der Waals surface area contributed by atoms with Crippen LogP contribution in [0.5, 0.6) is 0 Å². The highest BCUT2D eigenvalue weighted by atomic mass is 79.9. The molecule has 1 heterocycles. The van der Waals surface area contributed by atoms with Gasteiger partial charge in [-0.05, 0) is 35.4 Å². The molecule has 0 bridgehead atoms. The van der Waals surface area contributed by atoms with Gasteiger partial charge in [-0.2, -0.15) is 0 Å². The fourth-order valence-electron chi connectivity index (χ4n) is 2.17. The van der Waals surface area contributed by atoms with E-state index in [1.807, 2.05) is 30.3 Å². The lowest BCUT2D eigenvalue weighted by atomic mass is 9.98. The van der Waals surface area contributed by atoms with Crippen LogP contribution in [0.4, 0.5) is 0 Å². The maximum absolute atomic E-state index is 6.33. The van der Waals surface area contributed by atoms with Gasteiger partial charge in [0.2, 0.25) is 0 Å². The molecule has 19 heavy (non-hydrogen) atoms. The summed E-state index contributed by atoms with van der Waals surface area (Å²) in [5, 5.41) is 1.13. The molecule has 0 radical (unpaired) electrons. The molecule has 2 aromatic carbocycles. The number of nitrogens with zero attached hydrogens (tertiary/aromatic N) is 1. The second-order valence-electron chi connectivity index (χ2n) is 4.49. The first kappa shape index (κ1) is 12.3. The van der Waals surface area contributed by atoms with Gasteiger partial charge >= 0.3 is 0 Å². The van der Waals surface area contributed by atoms with Crippen molar-refractivity contribution in [2.45, 2.75) is 6.04 Å². The van der Waals surface area contributed by atoms with Crippen molar-refractivity contribution in [1.82, 2.24) is 4.98 Å². The third-order valence-electron chi connectivity index (χ3n) is 3.20. The standard InChI is InChI=1S/C16H13BrN2/c17-14-5-1-3-12(9-14)16(18)13-7-6-11-4-2-8-19-15(11)10-13/h1-10,16H,18H2. The van der Waals surface area contributed by atoms with Crippen molar-refractivity contribution in [2.24, 2.45) is 5.73 Å². The second kappa shape index (κ2) is 5.11. The molecule has 3 heteroatoms. The van der Waals surface area contributed by atoms with Crippen LogP contribution in [0.25, 0.3) is 10.9 Å². The first-order valence-electron chi connectivity index (χ1n) is 6.10. The summed E-state index contributed by atoms with van der Waals surface area (Å²) in [6.45, 7) is 0. The molecule has 0 fully saturated rings. The molecular weight excluding hydrogens is 300 g/mol. The van der Waals surface area contributed by atoms with E-state index in [1.165, 1.54) is 0 Å². The van der Waals surface area contributed by atoms with Gasteiger partial charge in [0.25, 0.3) is 0 Å². The smallest absolute Gasteiger partial charge is 0.0705 e. The van der Waals surface area contributed by atoms with E-state index < -0.39 is 0 Å². The van der Waals surface area contributed by atoms with Gasteiger partial charge in [0.15, 0.2) is 0 Å². The molecule has 0 amide bonds. The van der Waals surface area contributed by atoms with E-state index in [4.69, 9.17) is 5.73 Å². The average Bonchev–Trinajstić information content (AvgIpc) is 2.46. The molecular formula is C16H13BrN2. The zero-order valence-electron chi connectivity index (χ0n) is 10.3. The maximum Gasteiger partial charge on any atom is 0.0705 e. The summed E-state index contributed by atoms with van der Waals surface area (Å²) in [5.74, 6) is 0. The molecule has 3 rings (SSSR count). The largest absolute Gasteiger partial charge is 0.320 e. The highest BCUT2D eigenvalue weighted by Crippen LogP contribution is 2.24. The van der Waals surface area contributed by atoms with Crippen LogP contribution >= 0.6 is 15.9 Å². The fourth-order valence-corrected chi connectivity index (χ4v) is 2.59. The summed E-state index contributed by atoms with van der Waals surface area (Å²) in [6.07, 6.45) is 1.80. The molecule has 0 spiro atoms. The van der Waals surface area contributed by atoms with Gasteiger partial charge in [-0.15, -0.1) is 0 Å². The molecule has 2 nitrogen and oxygen atoms in total. The van der Waals surface area contributed by atoms with Gasteiger partial charge in [0.1, 0.15) is 0 Å². The number of pyridine rings is 1. The lowest BCUT2D eigenvalue weighted by molar-refractivity contribution is 0.872. The maximum atomic E-state index is 6.33. The molecule has 1 unspecified atom stereocenters. The molecule has 0 aliphatic carbocycles. The summed E-state index contributed by atoms with van der Waals surface area (Å²) in [6, 6.07) is 18.1. The number of nitrogens with two attached hydrogens (primary N) is 1. The molecule has 0 aliphatic rings. The van der Waals surface area contributed by atoms with E-state index in [2.05, 4.69) is 45.2 Å². The summed E-state index contributed by atoms with van der Waals surface area (Å²) in [4.78, 5) is 4.37. The Morgan fingerprint density at radius 2 is 1.79 bits per heavy atom. The Kier molecular flexibility index (Phi) is 3.32. The van der Waals surface area contributed by atoms with E-state index >= 15 is 0 Å². The van der Waals surface area contributed by atoms with E-state index in [-0.39, 0.29) is 6.04 Å². The van der Waals surface area contributed by atoms with Crippen LogP contribution in [0.15, 0.2) is 65.3 Å². The lowest BCUT2D eigenvalue weighted by Crippen LogP contribution is -2.11. The monoisotopic (exact) mass is 312 g/mol.